The lowest BCUT2D eigenvalue weighted by atomic mass is 10.4. The number of aromatic nitrogens is 1. The van der Waals surface area contributed by atoms with Gasteiger partial charge in [0.25, 0.3) is 5.56 Å². The van der Waals surface area contributed by atoms with E-state index in [1.807, 2.05) is 30.3 Å². The normalized spacial score (nSPS) is 10.1. The lowest BCUT2D eigenvalue weighted by molar-refractivity contribution is 0.150. The van der Waals surface area contributed by atoms with Crippen LogP contribution in [0.1, 0.15) is 0 Å². The molecule has 2 rings (SSSR count). The Kier molecular flexibility index (Phi) is 2.78. The molecule has 1 aromatic heterocycles. The van der Waals surface area contributed by atoms with E-state index in [0.29, 0.717) is 9.76 Å². The summed E-state index contributed by atoms with van der Waals surface area (Å²) in [5.74, 6) is 0. The highest BCUT2D eigenvalue weighted by molar-refractivity contribution is 7.99. The van der Waals surface area contributed by atoms with Gasteiger partial charge in [-0.1, -0.05) is 36.0 Å². The van der Waals surface area contributed by atoms with Gasteiger partial charge in [-0.05, 0) is 18.2 Å². The molecule has 0 aliphatic heterocycles. The Hall–Kier alpha value is -1.68. The molecule has 0 unspecified atom stereocenters. The van der Waals surface area contributed by atoms with Gasteiger partial charge < -0.3 is 5.21 Å². The van der Waals surface area contributed by atoms with Crippen molar-refractivity contribution in [3.63, 3.8) is 0 Å². The first-order valence-corrected chi connectivity index (χ1v) is 5.23. The van der Waals surface area contributed by atoms with Crippen LogP contribution in [0.4, 0.5) is 0 Å². The summed E-state index contributed by atoms with van der Waals surface area (Å²) < 4.78 is 0.650. The van der Waals surface area contributed by atoms with Crippen molar-refractivity contribution < 1.29 is 5.21 Å². The van der Waals surface area contributed by atoms with Crippen LogP contribution < -0.4 is 5.56 Å². The number of rotatable bonds is 2. The van der Waals surface area contributed by atoms with E-state index >= 15 is 0 Å². The van der Waals surface area contributed by atoms with Gasteiger partial charge >= 0.3 is 0 Å². The Morgan fingerprint density at radius 2 is 1.73 bits per heavy atom. The third kappa shape index (κ3) is 2.22. The first-order valence-electron chi connectivity index (χ1n) is 4.41. The van der Waals surface area contributed by atoms with Crippen LogP contribution >= 0.6 is 11.8 Å². The molecule has 0 amide bonds. The first kappa shape index (κ1) is 9.86. The molecule has 1 N–H and O–H groups in total. The third-order valence-electron chi connectivity index (χ3n) is 1.86. The van der Waals surface area contributed by atoms with Crippen molar-refractivity contribution >= 4 is 11.8 Å². The maximum Gasteiger partial charge on any atom is 0.283 e. The van der Waals surface area contributed by atoms with Crippen LogP contribution in [0.25, 0.3) is 0 Å². The predicted octanol–water partition coefficient (Wildman–Crippen LogP) is 2.24. The van der Waals surface area contributed by atoms with Gasteiger partial charge in [-0.3, -0.25) is 4.79 Å². The first-order chi connectivity index (χ1) is 7.27. The predicted molar refractivity (Wildman–Crippen MR) is 58.5 cm³/mol. The molecular weight excluding hydrogens is 210 g/mol. The monoisotopic (exact) mass is 219 g/mol. The summed E-state index contributed by atoms with van der Waals surface area (Å²) in [6.45, 7) is 0. The second-order valence-corrected chi connectivity index (χ2v) is 4.02. The molecule has 0 aliphatic carbocycles. The average Bonchev–Trinajstić information content (AvgIpc) is 2.26. The van der Waals surface area contributed by atoms with Crippen LogP contribution in [0.5, 0.6) is 0 Å². The summed E-state index contributed by atoms with van der Waals surface area (Å²) in [6.07, 6.45) is 0. The zero-order valence-corrected chi connectivity index (χ0v) is 8.65. The van der Waals surface area contributed by atoms with Crippen molar-refractivity contribution in [2.24, 2.45) is 0 Å². The molecule has 3 nitrogen and oxygen atoms in total. The molecule has 0 fully saturated rings. The molecular formula is C11H9NO2S. The standard InChI is InChI=1S/C11H9NO2S/c13-10-7-4-8-11(12(10)14)15-9-5-2-1-3-6-9/h1-8,14H. The van der Waals surface area contributed by atoms with Crippen molar-refractivity contribution in [1.82, 2.24) is 4.73 Å². The Bertz CT molecular complexity index is 507. The fraction of sp³-hybridized carbons (Fsp3) is 0. The molecule has 15 heavy (non-hydrogen) atoms. The Labute approximate surface area is 91.0 Å². The topological polar surface area (TPSA) is 42.2 Å². The van der Waals surface area contributed by atoms with Gasteiger partial charge in [0.15, 0.2) is 0 Å². The van der Waals surface area contributed by atoms with Gasteiger partial charge in [0.2, 0.25) is 0 Å². The Balaban J connectivity index is 2.33. The van der Waals surface area contributed by atoms with Crippen LogP contribution in [0.3, 0.4) is 0 Å². The Morgan fingerprint density at radius 3 is 2.47 bits per heavy atom. The van der Waals surface area contributed by atoms with Crippen LogP contribution in [0, 0.1) is 0 Å². The van der Waals surface area contributed by atoms with Crippen molar-refractivity contribution in [1.29, 1.82) is 0 Å². The van der Waals surface area contributed by atoms with E-state index in [9.17, 15) is 10.0 Å². The third-order valence-corrected chi connectivity index (χ3v) is 2.89. The van der Waals surface area contributed by atoms with Gasteiger partial charge in [0.1, 0.15) is 5.03 Å². The summed E-state index contributed by atoms with van der Waals surface area (Å²) in [6, 6.07) is 14.2. The van der Waals surface area contributed by atoms with E-state index in [1.54, 1.807) is 12.1 Å². The van der Waals surface area contributed by atoms with E-state index in [0.717, 1.165) is 4.90 Å². The van der Waals surface area contributed by atoms with Gasteiger partial charge in [0.05, 0.1) is 0 Å². The van der Waals surface area contributed by atoms with E-state index in [4.69, 9.17) is 0 Å². The highest BCUT2D eigenvalue weighted by Gasteiger charge is 2.02. The summed E-state index contributed by atoms with van der Waals surface area (Å²) in [5, 5.41) is 9.95. The molecule has 0 radical (unpaired) electrons. The summed E-state index contributed by atoms with van der Waals surface area (Å²) >= 11 is 1.34. The minimum absolute atomic E-state index is 0.420. The van der Waals surface area contributed by atoms with Crippen molar-refractivity contribution in [3.05, 3.63) is 58.9 Å². The molecule has 1 aromatic carbocycles. The smallest absolute Gasteiger partial charge is 0.283 e. The van der Waals surface area contributed by atoms with E-state index in [1.165, 1.54) is 17.8 Å². The van der Waals surface area contributed by atoms with E-state index < -0.39 is 5.56 Å². The average molecular weight is 219 g/mol. The molecule has 2 aromatic rings. The second-order valence-electron chi connectivity index (χ2n) is 2.93. The SMILES string of the molecule is O=c1cccc(Sc2ccccc2)n1O. The van der Waals surface area contributed by atoms with Crippen molar-refractivity contribution in [2.75, 3.05) is 0 Å². The van der Waals surface area contributed by atoms with Gasteiger partial charge in [-0.15, -0.1) is 4.73 Å². The number of hydrogen-bond donors (Lipinski definition) is 1. The van der Waals surface area contributed by atoms with Crippen LogP contribution in [-0.2, 0) is 0 Å². The molecule has 0 saturated carbocycles. The summed E-state index contributed by atoms with van der Waals surface area (Å²) in [5.41, 5.74) is -0.420. The van der Waals surface area contributed by atoms with Crippen LogP contribution in [0.15, 0.2) is 63.2 Å². The number of pyridine rings is 1. The molecule has 0 aliphatic rings. The number of nitrogens with zero attached hydrogens (tertiary/aromatic N) is 1. The summed E-state index contributed by atoms with van der Waals surface area (Å²) in [7, 11) is 0. The lowest BCUT2D eigenvalue weighted by Gasteiger charge is -2.04. The zero-order chi connectivity index (χ0) is 10.7. The summed E-state index contributed by atoms with van der Waals surface area (Å²) in [4.78, 5) is 12.1. The maximum absolute atomic E-state index is 11.1. The van der Waals surface area contributed by atoms with Crippen LogP contribution in [0.2, 0.25) is 0 Å². The molecule has 4 heteroatoms. The molecule has 76 valence electrons. The maximum atomic E-state index is 11.1. The van der Waals surface area contributed by atoms with Crippen molar-refractivity contribution in [2.45, 2.75) is 9.92 Å². The fourth-order valence-electron chi connectivity index (χ4n) is 1.15. The highest BCUT2D eigenvalue weighted by Crippen LogP contribution is 2.25. The fourth-order valence-corrected chi connectivity index (χ4v) is 2.01. The quantitative estimate of drug-likeness (QED) is 0.787. The van der Waals surface area contributed by atoms with E-state index in [-0.39, 0.29) is 0 Å². The van der Waals surface area contributed by atoms with Crippen LogP contribution in [-0.4, -0.2) is 9.94 Å². The minimum Gasteiger partial charge on any atom is -0.424 e. The van der Waals surface area contributed by atoms with E-state index in [2.05, 4.69) is 0 Å². The largest absolute Gasteiger partial charge is 0.424 e. The molecule has 0 spiro atoms. The zero-order valence-electron chi connectivity index (χ0n) is 7.83. The van der Waals surface area contributed by atoms with Gasteiger partial charge in [-0.2, -0.15) is 0 Å². The second kappa shape index (κ2) is 4.23. The molecule has 1 heterocycles. The van der Waals surface area contributed by atoms with Crippen molar-refractivity contribution in [3.8, 4) is 0 Å². The highest BCUT2D eigenvalue weighted by atomic mass is 32.2. The number of benzene rings is 1. The van der Waals surface area contributed by atoms with Gasteiger partial charge in [0, 0.05) is 11.0 Å². The molecule has 0 bridgehead atoms. The Morgan fingerprint density at radius 1 is 1.00 bits per heavy atom. The molecule has 0 atom stereocenters. The lowest BCUT2D eigenvalue weighted by Crippen LogP contribution is -2.17. The molecule has 0 saturated heterocycles. The van der Waals surface area contributed by atoms with Gasteiger partial charge in [-0.25, -0.2) is 0 Å². The number of hydrogen-bond acceptors (Lipinski definition) is 3. The minimum atomic E-state index is -0.420.